The van der Waals surface area contributed by atoms with Crippen LogP contribution in [0, 0.1) is 18.6 Å². The fraction of sp³-hybridized carbons (Fsp3) is 0.280. The van der Waals surface area contributed by atoms with E-state index < -0.39 is 17.5 Å². The van der Waals surface area contributed by atoms with E-state index in [1.807, 2.05) is 13.0 Å². The molecular formula is C25H27F2N5O2. The van der Waals surface area contributed by atoms with Gasteiger partial charge in [0.25, 0.3) is 0 Å². The van der Waals surface area contributed by atoms with Crippen molar-refractivity contribution in [3.05, 3.63) is 77.0 Å². The molecule has 1 aliphatic rings. The van der Waals surface area contributed by atoms with E-state index in [2.05, 4.69) is 32.7 Å². The molecule has 0 bridgehead atoms. The molecule has 178 valence electrons. The molecule has 0 atom stereocenters. The van der Waals surface area contributed by atoms with E-state index in [1.54, 1.807) is 12.3 Å². The van der Waals surface area contributed by atoms with Crippen LogP contribution in [-0.4, -0.2) is 37.2 Å². The molecular weight excluding hydrogens is 440 g/mol. The maximum absolute atomic E-state index is 13.5. The minimum absolute atomic E-state index is 0.0135. The highest BCUT2D eigenvalue weighted by Gasteiger charge is 2.13. The Bertz CT molecular complexity index is 1160. The Balaban J connectivity index is 1.53. The summed E-state index contributed by atoms with van der Waals surface area (Å²) >= 11 is 0. The Hall–Kier alpha value is -3.72. The molecule has 4 rings (SSSR count). The van der Waals surface area contributed by atoms with Crippen LogP contribution in [0.1, 0.15) is 16.7 Å². The summed E-state index contributed by atoms with van der Waals surface area (Å²) < 4.78 is 32.5. The van der Waals surface area contributed by atoms with Gasteiger partial charge in [0.1, 0.15) is 17.5 Å². The number of nitrogens with zero attached hydrogens (tertiary/aromatic N) is 2. The zero-order valence-corrected chi connectivity index (χ0v) is 18.9. The van der Waals surface area contributed by atoms with Crippen LogP contribution in [0.4, 0.5) is 31.7 Å². The van der Waals surface area contributed by atoms with E-state index in [0.29, 0.717) is 22.6 Å². The molecule has 0 unspecified atom stereocenters. The molecule has 34 heavy (non-hydrogen) atoms. The van der Waals surface area contributed by atoms with Gasteiger partial charge in [0, 0.05) is 60.6 Å². The average molecular weight is 468 g/mol. The Morgan fingerprint density at radius 1 is 1.09 bits per heavy atom. The van der Waals surface area contributed by atoms with Gasteiger partial charge >= 0.3 is 0 Å². The Labute approximate surface area is 196 Å². The van der Waals surface area contributed by atoms with Crippen LogP contribution in [-0.2, 0) is 22.5 Å². The van der Waals surface area contributed by atoms with Crippen molar-refractivity contribution < 1.29 is 18.3 Å². The summed E-state index contributed by atoms with van der Waals surface area (Å²) in [5, 5.41) is 6.45. The van der Waals surface area contributed by atoms with Gasteiger partial charge in [-0.25, -0.2) is 13.8 Å². The third-order valence-corrected chi connectivity index (χ3v) is 5.61. The number of aryl methyl sites for hydroxylation is 1. The van der Waals surface area contributed by atoms with Crippen molar-refractivity contribution in [3.8, 4) is 0 Å². The molecule has 9 heteroatoms. The van der Waals surface area contributed by atoms with Crippen molar-refractivity contribution in [1.82, 2.24) is 4.98 Å². The monoisotopic (exact) mass is 467 g/mol. The second-order valence-electron chi connectivity index (χ2n) is 8.22. The first-order valence-corrected chi connectivity index (χ1v) is 11.0. The van der Waals surface area contributed by atoms with Crippen LogP contribution in [0.25, 0.3) is 0 Å². The molecule has 2 heterocycles. The van der Waals surface area contributed by atoms with Gasteiger partial charge in [-0.3, -0.25) is 4.79 Å². The van der Waals surface area contributed by atoms with E-state index >= 15 is 0 Å². The number of amides is 1. The Morgan fingerprint density at radius 2 is 1.82 bits per heavy atom. The smallest absolute Gasteiger partial charge is 0.221 e. The number of primary amides is 1. The number of anilines is 4. The number of carbonyl (C=O) groups is 1. The molecule has 4 N–H and O–H groups in total. The van der Waals surface area contributed by atoms with Gasteiger partial charge in [-0.2, -0.15) is 0 Å². The molecule has 1 amide bonds. The largest absolute Gasteiger partial charge is 0.381 e. The van der Waals surface area contributed by atoms with Crippen molar-refractivity contribution in [2.45, 2.75) is 19.9 Å². The molecule has 3 aromatic rings. The molecule has 1 fully saturated rings. The molecule has 7 nitrogen and oxygen atoms in total. The zero-order valence-electron chi connectivity index (χ0n) is 18.9. The number of hydrogen-bond acceptors (Lipinski definition) is 6. The quantitative estimate of drug-likeness (QED) is 0.466. The third-order valence-electron chi connectivity index (χ3n) is 5.61. The number of aromatic nitrogens is 1. The number of ether oxygens (including phenoxy) is 1. The number of nitrogens with two attached hydrogens (primary N) is 1. The first-order valence-electron chi connectivity index (χ1n) is 11.0. The van der Waals surface area contributed by atoms with E-state index in [4.69, 9.17) is 10.5 Å². The second-order valence-corrected chi connectivity index (χ2v) is 8.22. The van der Waals surface area contributed by atoms with Crippen molar-refractivity contribution in [2.75, 3.05) is 41.8 Å². The molecule has 0 saturated carbocycles. The Morgan fingerprint density at radius 3 is 2.50 bits per heavy atom. The summed E-state index contributed by atoms with van der Waals surface area (Å²) in [4.78, 5) is 18.2. The fourth-order valence-electron chi connectivity index (χ4n) is 3.90. The first-order chi connectivity index (χ1) is 16.4. The summed E-state index contributed by atoms with van der Waals surface area (Å²) in [5.74, 6) is -1.25. The number of pyridine rings is 1. The third kappa shape index (κ3) is 5.99. The first kappa shape index (κ1) is 23.4. The van der Waals surface area contributed by atoms with Gasteiger partial charge in [-0.15, -0.1) is 0 Å². The summed E-state index contributed by atoms with van der Waals surface area (Å²) in [5.41, 5.74) is 10.1. The molecule has 1 aliphatic heterocycles. The molecule has 1 aromatic heterocycles. The van der Waals surface area contributed by atoms with Crippen LogP contribution in [0.5, 0.6) is 0 Å². The molecule has 0 aliphatic carbocycles. The molecule has 0 spiro atoms. The molecule has 0 radical (unpaired) electrons. The molecule has 1 saturated heterocycles. The van der Waals surface area contributed by atoms with Gasteiger partial charge in [-0.05, 0) is 48.4 Å². The number of rotatable bonds is 8. The average Bonchev–Trinajstić information content (AvgIpc) is 2.80. The number of hydrogen-bond donors (Lipinski definition) is 3. The van der Waals surface area contributed by atoms with Crippen molar-refractivity contribution in [2.24, 2.45) is 5.73 Å². The van der Waals surface area contributed by atoms with Crippen LogP contribution < -0.4 is 21.3 Å². The van der Waals surface area contributed by atoms with Crippen LogP contribution in [0.15, 0.2) is 48.7 Å². The fourth-order valence-corrected chi connectivity index (χ4v) is 3.90. The SMILES string of the molecule is Cc1cc(N2CCOCC2)ccc1Nc1cc(NCc2cc(F)cc(F)c2)c(CC(N)=O)cn1. The maximum Gasteiger partial charge on any atom is 0.221 e. The summed E-state index contributed by atoms with van der Waals surface area (Å²) in [6.07, 6.45) is 1.55. The lowest BCUT2D eigenvalue weighted by Crippen LogP contribution is -2.36. The van der Waals surface area contributed by atoms with Gasteiger partial charge in [0.2, 0.25) is 5.91 Å². The number of halogens is 2. The normalized spacial score (nSPS) is 13.6. The topological polar surface area (TPSA) is 92.5 Å². The van der Waals surface area contributed by atoms with E-state index in [9.17, 15) is 13.6 Å². The number of carbonyl (C=O) groups excluding carboxylic acids is 1. The van der Waals surface area contributed by atoms with Gasteiger partial charge in [0.05, 0.1) is 19.6 Å². The highest BCUT2D eigenvalue weighted by molar-refractivity contribution is 5.79. The van der Waals surface area contributed by atoms with E-state index in [0.717, 1.165) is 49.3 Å². The van der Waals surface area contributed by atoms with Gasteiger partial charge in [0.15, 0.2) is 0 Å². The lowest BCUT2D eigenvalue weighted by Gasteiger charge is -2.29. The molecule has 2 aromatic carbocycles. The van der Waals surface area contributed by atoms with Crippen molar-refractivity contribution in [3.63, 3.8) is 0 Å². The van der Waals surface area contributed by atoms with Crippen LogP contribution in [0.3, 0.4) is 0 Å². The highest BCUT2D eigenvalue weighted by atomic mass is 19.1. The van der Waals surface area contributed by atoms with Gasteiger partial charge in [-0.1, -0.05) is 0 Å². The van der Waals surface area contributed by atoms with Gasteiger partial charge < -0.3 is 26.0 Å². The zero-order chi connectivity index (χ0) is 24.1. The standard InChI is InChI=1S/C25H27F2N5O2/c1-16-8-21(32-4-6-34-7-5-32)2-3-22(16)31-25-13-23(18(15-30-25)11-24(28)33)29-14-17-9-19(26)12-20(27)10-17/h2-3,8-10,12-13,15H,4-7,11,14H2,1H3,(H2,28,33)(H2,29,30,31). The summed E-state index contributed by atoms with van der Waals surface area (Å²) in [7, 11) is 0. The maximum atomic E-state index is 13.5. The summed E-state index contributed by atoms with van der Waals surface area (Å²) in [6, 6.07) is 11.3. The van der Waals surface area contributed by atoms with Crippen LogP contribution >= 0.6 is 0 Å². The number of benzene rings is 2. The van der Waals surface area contributed by atoms with E-state index in [1.165, 1.54) is 12.1 Å². The minimum atomic E-state index is -0.651. The lowest BCUT2D eigenvalue weighted by molar-refractivity contribution is -0.117. The predicted octanol–water partition coefficient (Wildman–Crippen LogP) is 3.89. The predicted molar refractivity (Wildman–Crippen MR) is 128 cm³/mol. The van der Waals surface area contributed by atoms with Crippen LogP contribution in [0.2, 0.25) is 0 Å². The van der Waals surface area contributed by atoms with E-state index in [-0.39, 0.29) is 13.0 Å². The number of nitrogens with one attached hydrogen (secondary N) is 2. The Kier molecular flexibility index (Phi) is 7.22. The second kappa shape index (κ2) is 10.5. The lowest BCUT2D eigenvalue weighted by atomic mass is 10.1. The number of morpholine rings is 1. The van der Waals surface area contributed by atoms with Crippen molar-refractivity contribution in [1.29, 1.82) is 0 Å². The van der Waals surface area contributed by atoms with Crippen molar-refractivity contribution >= 4 is 28.8 Å². The summed E-state index contributed by atoms with van der Waals surface area (Å²) in [6.45, 7) is 5.35. The minimum Gasteiger partial charge on any atom is -0.381 e. The highest BCUT2D eigenvalue weighted by Crippen LogP contribution is 2.28.